The second-order valence-corrected chi connectivity index (χ2v) is 5.44. The van der Waals surface area contributed by atoms with Gasteiger partial charge in [-0.05, 0) is 34.5 Å². The number of rotatable bonds is 4. The monoisotopic (exact) mass is 427 g/mol. The van der Waals surface area contributed by atoms with Gasteiger partial charge in [-0.3, -0.25) is 4.99 Å². The van der Waals surface area contributed by atoms with E-state index in [-0.39, 0.29) is 24.0 Å². The van der Waals surface area contributed by atoms with Gasteiger partial charge in [-0.25, -0.2) is 0 Å². The van der Waals surface area contributed by atoms with Crippen LogP contribution >= 0.6 is 35.3 Å². The summed E-state index contributed by atoms with van der Waals surface area (Å²) in [5.41, 5.74) is 2.17. The predicted octanol–water partition coefficient (Wildman–Crippen LogP) is 3.98. The average Bonchev–Trinajstić information content (AvgIpc) is 3.16. The molecule has 2 aromatic heterocycles. The van der Waals surface area contributed by atoms with E-state index < -0.39 is 0 Å². The SMILES string of the molecule is CN=C(NCc1ccsc1)NCc1cc2ccccc2o1.I. The maximum Gasteiger partial charge on any atom is 0.191 e. The third-order valence-electron chi connectivity index (χ3n) is 3.17. The number of furan rings is 1. The average molecular weight is 427 g/mol. The Hall–Kier alpha value is -1.54. The number of hydrogen-bond acceptors (Lipinski definition) is 3. The van der Waals surface area contributed by atoms with Crippen molar-refractivity contribution in [2.24, 2.45) is 4.99 Å². The number of nitrogens with zero attached hydrogens (tertiary/aromatic N) is 1. The smallest absolute Gasteiger partial charge is 0.191 e. The van der Waals surface area contributed by atoms with E-state index in [1.165, 1.54) is 5.56 Å². The minimum absolute atomic E-state index is 0. The van der Waals surface area contributed by atoms with Crippen molar-refractivity contribution in [3.63, 3.8) is 0 Å². The van der Waals surface area contributed by atoms with Crippen LogP contribution < -0.4 is 10.6 Å². The van der Waals surface area contributed by atoms with Crippen molar-refractivity contribution in [3.8, 4) is 0 Å². The molecular formula is C16H18IN3OS. The van der Waals surface area contributed by atoms with Gasteiger partial charge in [-0.2, -0.15) is 11.3 Å². The zero-order chi connectivity index (χ0) is 14.5. The summed E-state index contributed by atoms with van der Waals surface area (Å²) < 4.78 is 5.77. The lowest BCUT2D eigenvalue weighted by Gasteiger charge is -2.09. The second kappa shape index (κ2) is 8.19. The molecule has 2 N–H and O–H groups in total. The van der Waals surface area contributed by atoms with E-state index in [1.807, 2.05) is 24.3 Å². The first kappa shape index (κ1) is 16.8. The van der Waals surface area contributed by atoms with Crippen molar-refractivity contribution in [3.05, 3.63) is 58.5 Å². The highest BCUT2D eigenvalue weighted by Crippen LogP contribution is 2.18. The molecule has 2 heterocycles. The molecule has 6 heteroatoms. The van der Waals surface area contributed by atoms with Crippen molar-refractivity contribution in [2.45, 2.75) is 13.1 Å². The Balaban J connectivity index is 0.00000176. The lowest BCUT2D eigenvalue weighted by atomic mass is 10.2. The molecule has 0 amide bonds. The molecule has 0 atom stereocenters. The van der Waals surface area contributed by atoms with Gasteiger partial charge in [0.2, 0.25) is 0 Å². The summed E-state index contributed by atoms with van der Waals surface area (Å²) in [6.45, 7) is 1.38. The molecule has 0 spiro atoms. The first-order valence-electron chi connectivity index (χ1n) is 6.78. The molecule has 3 aromatic rings. The third kappa shape index (κ3) is 4.23. The maximum atomic E-state index is 5.77. The van der Waals surface area contributed by atoms with E-state index in [4.69, 9.17) is 4.42 Å². The van der Waals surface area contributed by atoms with Crippen molar-refractivity contribution < 1.29 is 4.42 Å². The minimum atomic E-state index is 0. The van der Waals surface area contributed by atoms with Crippen molar-refractivity contribution >= 4 is 52.2 Å². The van der Waals surface area contributed by atoms with E-state index in [0.29, 0.717) is 6.54 Å². The van der Waals surface area contributed by atoms with E-state index in [2.05, 4.69) is 38.5 Å². The van der Waals surface area contributed by atoms with Crippen LogP contribution in [0.3, 0.4) is 0 Å². The summed E-state index contributed by atoms with van der Waals surface area (Å²) in [6, 6.07) is 12.2. The van der Waals surface area contributed by atoms with Gasteiger partial charge in [-0.1, -0.05) is 18.2 Å². The van der Waals surface area contributed by atoms with Crippen LogP contribution in [0.2, 0.25) is 0 Å². The van der Waals surface area contributed by atoms with Crippen LogP contribution in [0.25, 0.3) is 11.0 Å². The normalized spacial score (nSPS) is 11.2. The Labute approximate surface area is 150 Å². The molecule has 0 unspecified atom stereocenters. The first-order valence-corrected chi connectivity index (χ1v) is 7.72. The predicted molar refractivity (Wildman–Crippen MR) is 103 cm³/mol. The van der Waals surface area contributed by atoms with Gasteiger partial charge in [0.15, 0.2) is 5.96 Å². The summed E-state index contributed by atoms with van der Waals surface area (Å²) >= 11 is 1.70. The number of aliphatic imine (C=N–C) groups is 1. The van der Waals surface area contributed by atoms with Gasteiger partial charge in [0, 0.05) is 19.0 Å². The molecule has 0 fully saturated rings. The molecule has 1 aromatic carbocycles. The molecule has 116 valence electrons. The standard InChI is InChI=1S/C16H17N3OS.HI/c1-17-16(18-9-12-6-7-21-11-12)19-10-14-8-13-4-2-3-5-15(13)20-14;/h2-8,11H,9-10H2,1H3,(H2,17,18,19);1H. The van der Waals surface area contributed by atoms with E-state index in [0.717, 1.165) is 29.2 Å². The number of thiophene rings is 1. The lowest BCUT2D eigenvalue weighted by molar-refractivity contribution is 0.538. The summed E-state index contributed by atoms with van der Waals surface area (Å²) in [5.74, 6) is 1.66. The Morgan fingerprint density at radius 3 is 2.73 bits per heavy atom. The molecule has 0 aliphatic heterocycles. The fraction of sp³-hybridized carbons (Fsp3) is 0.188. The molecule has 3 rings (SSSR count). The molecule has 4 nitrogen and oxygen atoms in total. The van der Waals surface area contributed by atoms with Crippen LogP contribution in [0.4, 0.5) is 0 Å². The Kier molecular flexibility index (Phi) is 6.26. The zero-order valence-corrected chi connectivity index (χ0v) is 15.4. The summed E-state index contributed by atoms with van der Waals surface area (Å²) in [5, 5.41) is 11.9. The van der Waals surface area contributed by atoms with Gasteiger partial charge in [0.1, 0.15) is 11.3 Å². The number of halogens is 1. The van der Waals surface area contributed by atoms with Crippen LogP contribution in [-0.2, 0) is 13.1 Å². The number of guanidine groups is 1. The minimum Gasteiger partial charge on any atom is -0.459 e. The second-order valence-electron chi connectivity index (χ2n) is 4.66. The van der Waals surface area contributed by atoms with Crippen molar-refractivity contribution in [2.75, 3.05) is 7.05 Å². The summed E-state index contributed by atoms with van der Waals surface area (Å²) in [7, 11) is 1.77. The number of nitrogens with one attached hydrogen (secondary N) is 2. The molecule has 0 saturated carbocycles. The first-order chi connectivity index (χ1) is 10.3. The van der Waals surface area contributed by atoms with Gasteiger partial charge >= 0.3 is 0 Å². The topological polar surface area (TPSA) is 49.6 Å². The third-order valence-corrected chi connectivity index (χ3v) is 3.90. The largest absolute Gasteiger partial charge is 0.459 e. The maximum absolute atomic E-state index is 5.77. The molecule has 0 saturated heterocycles. The highest BCUT2D eigenvalue weighted by Gasteiger charge is 2.04. The highest BCUT2D eigenvalue weighted by molar-refractivity contribution is 14.0. The quantitative estimate of drug-likeness (QED) is 0.376. The van der Waals surface area contributed by atoms with E-state index in [9.17, 15) is 0 Å². The number of benzene rings is 1. The van der Waals surface area contributed by atoms with E-state index >= 15 is 0 Å². The Morgan fingerprint density at radius 2 is 2.00 bits per heavy atom. The van der Waals surface area contributed by atoms with Crippen LogP contribution in [-0.4, -0.2) is 13.0 Å². The number of para-hydroxylation sites is 1. The van der Waals surface area contributed by atoms with Crippen molar-refractivity contribution in [1.29, 1.82) is 0 Å². The van der Waals surface area contributed by atoms with Crippen LogP contribution in [0.5, 0.6) is 0 Å². The van der Waals surface area contributed by atoms with Gasteiger partial charge in [0.25, 0.3) is 0 Å². The van der Waals surface area contributed by atoms with E-state index in [1.54, 1.807) is 18.4 Å². The molecule has 0 radical (unpaired) electrons. The molecule has 0 aliphatic carbocycles. The zero-order valence-electron chi connectivity index (χ0n) is 12.2. The molecule has 0 bridgehead atoms. The number of fused-ring (bicyclic) bond motifs is 1. The highest BCUT2D eigenvalue weighted by atomic mass is 127. The summed E-state index contributed by atoms with van der Waals surface area (Å²) in [6.07, 6.45) is 0. The van der Waals surface area contributed by atoms with Gasteiger partial charge in [0.05, 0.1) is 6.54 Å². The van der Waals surface area contributed by atoms with Crippen molar-refractivity contribution in [1.82, 2.24) is 10.6 Å². The molecule has 0 aliphatic rings. The Bertz CT molecular complexity index is 704. The van der Waals surface area contributed by atoms with Crippen LogP contribution in [0, 0.1) is 0 Å². The number of hydrogen-bond donors (Lipinski definition) is 2. The summed E-state index contributed by atoms with van der Waals surface area (Å²) in [4.78, 5) is 4.21. The van der Waals surface area contributed by atoms with Gasteiger partial charge < -0.3 is 15.1 Å². The fourth-order valence-corrected chi connectivity index (χ4v) is 2.76. The fourth-order valence-electron chi connectivity index (χ4n) is 2.09. The lowest BCUT2D eigenvalue weighted by Crippen LogP contribution is -2.36. The molecule has 22 heavy (non-hydrogen) atoms. The Morgan fingerprint density at radius 1 is 1.18 bits per heavy atom. The van der Waals surface area contributed by atoms with Crippen LogP contribution in [0.1, 0.15) is 11.3 Å². The van der Waals surface area contributed by atoms with Crippen LogP contribution in [0.15, 0.2) is 56.6 Å². The molecular weight excluding hydrogens is 409 g/mol. The van der Waals surface area contributed by atoms with Gasteiger partial charge in [-0.15, -0.1) is 24.0 Å².